The van der Waals surface area contributed by atoms with Gasteiger partial charge >= 0.3 is 6.18 Å². The molecule has 0 aliphatic carbocycles. The second-order valence-electron chi connectivity index (χ2n) is 6.34. The molecule has 0 unspecified atom stereocenters. The molecule has 0 spiro atoms. The largest absolute Gasteiger partial charge is 0.464 e. The minimum absolute atomic E-state index is 0.183. The van der Waals surface area contributed by atoms with Crippen molar-refractivity contribution in [2.75, 3.05) is 18.4 Å². The Labute approximate surface area is 170 Å². The Morgan fingerprint density at radius 2 is 2.00 bits per heavy atom. The minimum atomic E-state index is -4.45. The molecule has 1 N–H and O–H groups in total. The van der Waals surface area contributed by atoms with Crippen LogP contribution in [0.4, 0.5) is 18.3 Å². The van der Waals surface area contributed by atoms with Crippen molar-refractivity contribution >= 4 is 22.4 Å². The second-order valence-corrected chi connectivity index (χ2v) is 7.20. The molecule has 0 atom stereocenters. The summed E-state index contributed by atoms with van der Waals surface area (Å²) in [4.78, 5) is 19.0. The molecule has 2 heterocycles. The maximum Gasteiger partial charge on any atom is 0.416 e. The van der Waals surface area contributed by atoms with Gasteiger partial charge in [0.1, 0.15) is 12.0 Å². The van der Waals surface area contributed by atoms with Crippen LogP contribution < -0.4 is 5.32 Å². The summed E-state index contributed by atoms with van der Waals surface area (Å²) in [6.45, 7) is 6.65. The van der Waals surface area contributed by atoms with E-state index in [1.54, 1.807) is 0 Å². The summed E-state index contributed by atoms with van der Waals surface area (Å²) in [5.41, 5.74) is 0.541. The molecule has 0 fully saturated rings. The van der Waals surface area contributed by atoms with Crippen LogP contribution in [0.1, 0.15) is 35.5 Å². The van der Waals surface area contributed by atoms with E-state index in [1.807, 2.05) is 5.38 Å². The van der Waals surface area contributed by atoms with Gasteiger partial charge in [-0.25, -0.2) is 4.98 Å². The Bertz CT molecular complexity index is 977. The molecule has 0 bridgehead atoms. The molecule has 2 aromatic heterocycles. The van der Waals surface area contributed by atoms with Gasteiger partial charge in [0, 0.05) is 17.5 Å². The van der Waals surface area contributed by atoms with Crippen molar-refractivity contribution in [2.24, 2.45) is 0 Å². The summed E-state index contributed by atoms with van der Waals surface area (Å²) in [6, 6.07) is 6.18. The number of nitrogens with zero attached hydrogens (tertiary/aromatic N) is 2. The Hall–Kier alpha value is -2.65. The number of halogens is 3. The number of thiazole rings is 1. The summed E-state index contributed by atoms with van der Waals surface area (Å²) in [7, 11) is 0. The summed E-state index contributed by atoms with van der Waals surface area (Å²) in [5, 5.41) is 5.04. The third-order valence-electron chi connectivity index (χ3n) is 4.39. The van der Waals surface area contributed by atoms with Gasteiger partial charge in [0.15, 0.2) is 5.13 Å². The molecule has 0 saturated heterocycles. The first-order chi connectivity index (χ1) is 13.8. The van der Waals surface area contributed by atoms with Gasteiger partial charge in [0.25, 0.3) is 5.91 Å². The smallest absolute Gasteiger partial charge is 0.416 e. The van der Waals surface area contributed by atoms with Crippen LogP contribution in [0.5, 0.6) is 0 Å². The highest BCUT2D eigenvalue weighted by atomic mass is 32.1. The fourth-order valence-corrected chi connectivity index (χ4v) is 3.43. The van der Waals surface area contributed by atoms with Gasteiger partial charge in [0.05, 0.1) is 16.8 Å². The van der Waals surface area contributed by atoms with Gasteiger partial charge in [-0.3, -0.25) is 15.0 Å². The lowest BCUT2D eigenvalue weighted by molar-refractivity contribution is -0.137. The number of anilines is 1. The lowest BCUT2D eigenvalue weighted by Gasteiger charge is -2.15. The van der Waals surface area contributed by atoms with E-state index >= 15 is 0 Å². The number of alkyl halides is 3. The maximum absolute atomic E-state index is 12.9. The number of nitrogens with one attached hydrogen (secondary N) is 1. The number of amides is 1. The fraction of sp³-hybridized carbons (Fsp3) is 0.300. The molecule has 0 aliphatic heterocycles. The predicted octanol–water partition coefficient (Wildman–Crippen LogP) is 5.52. The number of carbonyl (C=O) groups excluding carboxylic acids is 1. The van der Waals surface area contributed by atoms with Crippen LogP contribution >= 0.6 is 11.3 Å². The van der Waals surface area contributed by atoms with Crippen LogP contribution in [0.15, 0.2) is 46.4 Å². The maximum atomic E-state index is 12.9. The van der Waals surface area contributed by atoms with Crippen molar-refractivity contribution in [3.05, 3.63) is 58.8 Å². The van der Waals surface area contributed by atoms with Crippen molar-refractivity contribution < 1.29 is 22.4 Å². The molecule has 154 valence electrons. The molecular weight excluding hydrogens is 403 g/mol. The number of hydrogen-bond acceptors (Lipinski definition) is 5. The van der Waals surface area contributed by atoms with E-state index in [2.05, 4.69) is 29.0 Å². The van der Waals surface area contributed by atoms with Crippen molar-refractivity contribution in [3.8, 4) is 11.3 Å². The van der Waals surface area contributed by atoms with Crippen LogP contribution in [0.3, 0.4) is 0 Å². The van der Waals surface area contributed by atoms with E-state index in [-0.39, 0.29) is 16.9 Å². The molecule has 9 heteroatoms. The average Bonchev–Trinajstić information content (AvgIpc) is 3.35. The van der Waals surface area contributed by atoms with Crippen LogP contribution in [-0.2, 0) is 12.7 Å². The average molecular weight is 423 g/mol. The summed E-state index contributed by atoms with van der Waals surface area (Å²) in [5.74, 6) is -0.252. The molecule has 0 radical (unpaired) electrons. The van der Waals surface area contributed by atoms with Crippen molar-refractivity contribution in [3.63, 3.8) is 0 Å². The molecule has 29 heavy (non-hydrogen) atoms. The van der Waals surface area contributed by atoms with E-state index in [1.165, 1.54) is 35.8 Å². The monoisotopic (exact) mass is 423 g/mol. The first-order valence-corrected chi connectivity index (χ1v) is 9.92. The molecule has 5 nitrogen and oxygen atoms in total. The number of carbonyl (C=O) groups is 1. The zero-order chi connectivity index (χ0) is 21.0. The highest BCUT2D eigenvalue weighted by molar-refractivity contribution is 7.13. The van der Waals surface area contributed by atoms with Gasteiger partial charge in [-0.1, -0.05) is 26.0 Å². The molecule has 3 aromatic rings. The molecule has 0 saturated carbocycles. The van der Waals surface area contributed by atoms with E-state index in [0.717, 1.165) is 30.9 Å². The van der Waals surface area contributed by atoms with E-state index in [0.29, 0.717) is 11.7 Å². The number of benzene rings is 1. The van der Waals surface area contributed by atoms with Crippen LogP contribution in [0, 0.1) is 0 Å². The fourth-order valence-electron chi connectivity index (χ4n) is 2.74. The first kappa shape index (κ1) is 21.1. The minimum Gasteiger partial charge on any atom is -0.464 e. The Morgan fingerprint density at radius 1 is 1.24 bits per heavy atom. The van der Waals surface area contributed by atoms with Crippen LogP contribution in [0.25, 0.3) is 11.3 Å². The number of rotatable bonds is 7. The predicted molar refractivity (Wildman–Crippen MR) is 106 cm³/mol. The Morgan fingerprint density at radius 3 is 2.69 bits per heavy atom. The SMILES string of the molecule is CCN(CC)Cc1csc(NC(=O)c2coc(-c3cccc(C(F)(F)F)c3)c2)n1. The number of furan rings is 1. The van der Waals surface area contributed by atoms with Crippen molar-refractivity contribution in [2.45, 2.75) is 26.6 Å². The molecule has 1 amide bonds. The number of aromatic nitrogens is 1. The van der Waals surface area contributed by atoms with Crippen molar-refractivity contribution in [1.29, 1.82) is 0 Å². The van der Waals surface area contributed by atoms with Gasteiger partial charge in [-0.2, -0.15) is 13.2 Å². The lowest BCUT2D eigenvalue weighted by Crippen LogP contribution is -2.22. The summed E-state index contributed by atoms with van der Waals surface area (Å²) < 4.78 is 44.0. The summed E-state index contributed by atoms with van der Waals surface area (Å²) in [6.07, 6.45) is -3.23. The quantitative estimate of drug-likeness (QED) is 0.544. The third kappa shape index (κ3) is 5.24. The lowest BCUT2D eigenvalue weighted by atomic mass is 10.1. The zero-order valence-electron chi connectivity index (χ0n) is 15.9. The molecular formula is C20H20F3N3O2S. The molecule has 3 rings (SSSR count). The van der Waals surface area contributed by atoms with E-state index in [9.17, 15) is 18.0 Å². The summed E-state index contributed by atoms with van der Waals surface area (Å²) >= 11 is 1.32. The van der Waals surface area contributed by atoms with E-state index < -0.39 is 17.6 Å². The standard InChI is InChI=1S/C20H20F3N3O2S/c1-3-26(4-2)10-16-12-29-19(24-16)25-18(27)14-9-17(28-11-14)13-6-5-7-15(8-13)20(21,22)23/h5-9,11-12H,3-4,10H2,1-2H3,(H,24,25,27). The van der Waals surface area contributed by atoms with Crippen LogP contribution in [-0.4, -0.2) is 28.9 Å². The second kappa shape index (κ2) is 8.79. The third-order valence-corrected chi connectivity index (χ3v) is 5.19. The van der Waals surface area contributed by atoms with Crippen LogP contribution in [0.2, 0.25) is 0 Å². The Balaban J connectivity index is 1.70. The van der Waals surface area contributed by atoms with Crippen molar-refractivity contribution in [1.82, 2.24) is 9.88 Å². The highest BCUT2D eigenvalue weighted by Crippen LogP contribution is 2.32. The molecule has 1 aromatic carbocycles. The Kier molecular flexibility index (Phi) is 6.39. The van der Waals surface area contributed by atoms with Gasteiger partial charge in [-0.15, -0.1) is 11.3 Å². The molecule has 0 aliphatic rings. The topological polar surface area (TPSA) is 58.4 Å². The normalized spacial score (nSPS) is 11.8. The van der Waals surface area contributed by atoms with E-state index in [4.69, 9.17) is 4.42 Å². The number of hydrogen-bond donors (Lipinski definition) is 1. The van der Waals surface area contributed by atoms with Gasteiger partial charge in [-0.05, 0) is 31.3 Å². The first-order valence-electron chi connectivity index (χ1n) is 9.04. The highest BCUT2D eigenvalue weighted by Gasteiger charge is 2.30. The van der Waals surface area contributed by atoms with Gasteiger partial charge < -0.3 is 4.42 Å². The van der Waals surface area contributed by atoms with Gasteiger partial charge in [0.2, 0.25) is 0 Å². The zero-order valence-corrected chi connectivity index (χ0v) is 16.7.